The van der Waals surface area contributed by atoms with Crippen LogP contribution in [-0.4, -0.2) is 17.6 Å². The topological polar surface area (TPSA) is 49.3 Å². The highest BCUT2D eigenvalue weighted by atomic mass is 16.4. The van der Waals surface area contributed by atoms with Gasteiger partial charge in [-0.05, 0) is 50.3 Å². The first kappa shape index (κ1) is 24.3. The smallest absolute Gasteiger partial charge is 0.335 e. The van der Waals surface area contributed by atoms with Gasteiger partial charge in [-0.2, -0.15) is 0 Å². The molecule has 1 rings (SSSR count). The highest BCUT2D eigenvalue weighted by Crippen LogP contribution is 2.12. The number of hydrogen-bond donors (Lipinski definition) is 2. The SMILES string of the molecule is CCCCCCCCC=CCCCCCCCCNc1cccc(C(=O)O)c1. The molecule has 0 radical (unpaired) electrons. The normalized spacial score (nSPS) is 11.2. The van der Waals surface area contributed by atoms with Crippen LogP contribution in [0.4, 0.5) is 5.69 Å². The summed E-state index contributed by atoms with van der Waals surface area (Å²) < 4.78 is 0. The summed E-state index contributed by atoms with van der Waals surface area (Å²) in [5.41, 5.74) is 1.23. The Morgan fingerprint density at radius 3 is 2.04 bits per heavy atom. The van der Waals surface area contributed by atoms with Gasteiger partial charge in [-0.25, -0.2) is 4.79 Å². The van der Waals surface area contributed by atoms with Crippen LogP contribution in [0.2, 0.25) is 0 Å². The molecule has 0 heterocycles. The Morgan fingerprint density at radius 2 is 1.43 bits per heavy atom. The molecular formula is C25H41NO2. The van der Waals surface area contributed by atoms with Gasteiger partial charge in [0.25, 0.3) is 0 Å². The van der Waals surface area contributed by atoms with Crippen LogP contribution in [0.3, 0.4) is 0 Å². The third kappa shape index (κ3) is 13.4. The van der Waals surface area contributed by atoms with Gasteiger partial charge < -0.3 is 10.4 Å². The lowest BCUT2D eigenvalue weighted by Gasteiger charge is -2.07. The molecule has 0 aliphatic carbocycles. The Morgan fingerprint density at radius 1 is 0.857 bits per heavy atom. The van der Waals surface area contributed by atoms with Crippen LogP contribution < -0.4 is 5.32 Å². The summed E-state index contributed by atoms with van der Waals surface area (Å²) in [4.78, 5) is 11.0. The Labute approximate surface area is 172 Å². The van der Waals surface area contributed by atoms with Crippen LogP contribution >= 0.6 is 0 Å². The highest BCUT2D eigenvalue weighted by molar-refractivity contribution is 5.88. The van der Waals surface area contributed by atoms with Gasteiger partial charge in [0.1, 0.15) is 0 Å². The molecule has 0 amide bonds. The molecule has 158 valence electrons. The maximum atomic E-state index is 11.0. The van der Waals surface area contributed by atoms with Crippen molar-refractivity contribution in [2.45, 2.75) is 96.8 Å². The Kier molecular flexibility index (Phi) is 15.0. The second-order valence-corrected chi connectivity index (χ2v) is 7.75. The molecule has 0 unspecified atom stereocenters. The molecule has 3 nitrogen and oxygen atoms in total. The number of carboxylic acids is 1. The number of nitrogens with one attached hydrogen (secondary N) is 1. The molecule has 0 aromatic heterocycles. The fourth-order valence-electron chi connectivity index (χ4n) is 3.37. The Hall–Kier alpha value is -1.77. The second kappa shape index (κ2) is 17.3. The van der Waals surface area contributed by atoms with Crippen molar-refractivity contribution in [2.75, 3.05) is 11.9 Å². The van der Waals surface area contributed by atoms with Crippen molar-refractivity contribution in [3.05, 3.63) is 42.0 Å². The molecule has 0 saturated heterocycles. The van der Waals surface area contributed by atoms with E-state index in [2.05, 4.69) is 24.4 Å². The highest BCUT2D eigenvalue weighted by Gasteiger charge is 2.02. The molecule has 0 aliphatic heterocycles. The molecular weight excluding hydrogens is 346 g/mol. The van der Waals surface area contributed by atoms with Gasteiger partial charge in [0.2, 0.25) is 0 Å². The molecule has 0 bridgehead atoms. The van der Waals surface area contributed by atoms with Crippen LogP contribution in [0.1, 0.15) is 107 Å². The summed E-state index contributed by atoms with van der Waals surface area (Å²) in [7, 11) is 0. The number of carbonyl (C=O) groups is 1. The zero-order valence-electron chi connectivity index (χ0n) is 17.9. The van der Waals surface area contributed by atoms with Crippen LogP contribution in [0.25, 0.3) is 0 Å². The van der Waals surface area contributed by atoms with E-state index in [-0.39, 0.29) is 0 Å². The minimum absolute atomic E-state index is 0.339. The lowest BCUT2D eigenvalue weighted by atomic mass is 10.1. The van der Waals surface area contributed by atoms with E-state index in [0.717, 1.165) is 18.7 Å². The largest absolute Gasteiger partial charge is 0.478 e. The molecule has 1 aromatic rings. The fourth-order valence-corrected chi connectivity index (χ4v) is 3.37. The number of carboxylic acid groups (broad SMARTS) is 1. The number of unbranched alkanes of at least 4 members (excludes halogenated alkanes) is 12. The predicted molar refractivity (Wildman–Crippen MR) is 121 cm³/mol. The molecule has 28 heavy (non-hydrogen) atoms. The van der Waals surface area contributed by atoms with E-state index in [1.54, 1.807) is 18.2 Å². The molecule has 0 atom stereocenters. The summed E-state index contributed by atoms with van der Waals surface area (Å²) >= 11 is 0. The lowest BCUT2D eigenvalue weighted by Crippen LogP contribution is -2.03. The average molecular weight is 388 g/mol. The Balaban J connectivity index is 1.86. The van der Waals surface area contributed by atoms with Crippen LogP contribution in [0.15, 0.2) is 36.4 Å². The minimum Gasteiger partial charge on any atom is -0.478 e. The first-order valence-corrected chi connectivity index (χ1v) is 11.5. The van der Waals surface area contributed by atoms with Crippen molar-refractivity contribution in [3.8, 4) is 0 Å². The first-order valence-electron chi connectivity index (χ1n) is 11.5. The maximum absolute atomic E-state index is 11.0. The summed E-state index contributed by atoms with van der Waals surface area (Å²) in [5.74, 6) is -0.874. The van der Waals surface area contributed by atoms with E-state index < -0.39 is 5.97 Å². The number of aromatic carboxylic acids is 1. The molecule has 0 spiro atoms. The second-order valence-electron chi connectivity index (χ2n) is 7.75. The standard InChI is InChI=1S/C25H41NO2/c1-2-3-4-5-6-7-8-9-10-11-12-13-14-15-16-17-21-26-24-20-18-19-23(22-24)25(27)28/h9-10,18-20,22,26H,2-8,11-17,21H2,1H3,(H,27,28). The van der Waals surface area contributed by atoms with Crippen LogP contribution in [-0.2, 0) is 0 Å². The van der Waals surface area contributed by atoms with Crippen molar-refractivity contribution < 1.29 is 9.90 Å². The van der Waals surface area contributed by atoms with Gasteiger partial charge >= 0.3 is 5.97 Å². The van der Waals surface area contributed by atoms with E-state index in [1.165, 1.54) is 83.5 Å². The molecule has 1 aromatic carbocycles. The quantitative estimate of drug-likeness (QED) is 0.199. The van der Waals surface area contributed by atoms with Gasteiger partial charge in [-0.1, -0.05) is 82.9 Å². The number of rotatable bonds is 18. The summed E-state index contributed by atoms with van der Waals surface area (Å²) in [6.07, 6.45) is 23.2. The molecule has 3 heteroatoms. The number of anilines is 1. The molecule has 0 saturated carbocycles. The van der Waals surface area contributed by atoms with Crippen LogP contribution in [0.5, 0.6) is 0 Å². The summed E-state index contributed by atoms with van der Waals surface area (Å²) in [5, 5.41) is 12.3. The zero-order chi connectivity index (χ0) is 20.3. The molecule has 2 N–H and O–H groups in total. The van der Waals surface area contributed by atoms with Gasteiger partial charge in [-0.3, -0.25) is 0 Å². The third-order valence-corrected chi connectivity index (χ3v) is 5.13. The Bertz CT molecular complexity index is 539. The summed E-state index contributed by atoms with van der Waals surface area (Å²) in [6, 6.07) is 7.03. The predicted octanol–water partition coefficient (Wildman–Crippen LogP) is 7.83. The summed E-state index contributed by atoms with van der Waals surface area (Å²) in [6.45, 7) is 3.18. The maximum Gasteiger partial charge on any atom is 0.335 e. The van der Waals surface area contributed by atoms with Gasteiger partial charge in [0, 0.05) is 12.2 Å². The average Bonchev–Trinajstić information content (AvgIpc) is 2.70. The van der Waals surface area contributed by atoms with E-state index in [4.69, 9.17) is 5.11 Å². The van der Waals surface area contributed by atoms with Crippen molar-refractivity contribution in [3.63, 3.8) is 0 Å². The third-order valence-electron chi connectivity index (χ3n) is 5.13. The zero-order valence-corrected chi connectivity index (χ0v) is 17.9. The van der Waals surface area contributed by atoms with E-state index in [9.17, 15) is 4.79 Å². The van der Waals surface area contributed by atoms with Gasteiger partial charge in [-0.15, -0.1) is 0 Å². The van der Waals surface area contributed by atoms with Crippen molar-refractivity contribution in [1.29, 1.82) is 0 Å². The van der Waals surface area contributed by atoms with E-state index in [1.807, 2.05) is 6.07 Å². The van der Waals surface area contributed by atoms with Crippen LogP contribution in [0, 0.1) is 0 Å². The van der Waals surface area contributed by atoms with Gasteiger partial charge in [0.05, 0.1) is 5.56 Å². The minimum atomic E-state index is -0.874. The van der Waals surface area contributed by atoms with Crippen molar-refractivity contribution >= 4 is 11.7 Å². The number of allylic oxidation sites excluding steroid dienone is 2. The van der Waals surface area contributed by atoms with Gasteiger partial charge in [0.15, 0.2) is 0 Å². The van der Waals surface area contributed by atoms with Crippen molar-refractivity contribution in [1.82, 2.24) is 0 Å². The first-order chi connectivity index (χ1) is 13.7. The van der Waals surface area contributed by atoms with Crippen molar-refractivity contribution in [2.24, 2.45) is 0 Å². The lowest BCUT2D eigenvalue weighted by molar-refractivity contribution is 0.0697. The fraction of sp³-hybridized carbons (Fsp3) is 0.640. The number of benzene rings is 1. The number of hydrogen-bond acceptors (Lipinski definition) is 2. The van der Waals surface area contributed by atoms with E-state index in [0.29, 0.717) is 5.56 Å². The monoisotopic (exact) mass is 387 g/mol. The van der Waals surface area contributed by atoms with E-state index >= 15 is 0 Å². The molecule has 0 fully saturated rings. The molecule has 0 aliphatic rings.